The van der Waals surface area contributed by atoms with E-state index in [-0.39, 0.29) is 0 Å². The molecular formula is C9H12BrNO. The SMILES string of the molecule is NCCCc1ccc(Br)cc1O. The van der Waals surface area contributed by atoms with E-state index >= 15 is 0 Å². The van der Waals surface area contributed by atoms with Crippen molar-refractivity contribution in [2.45, 2.75) is 12.8 Å². The molecule has 0 amide bonds. The lowest BCUT2D eigenvalue weighted by Crippen LogP contribution is -2.00. The Morgan fingerprint density at radius 2 is 2.17 bits per heavy atom. The van der Waals surface area contributed by atoms with Crippen LogP contribution < -0.4 is 5.73 Å². The molecule has 0 unspecified atom stereocenters. The summed E-state index contributed by atoms with van der Waals surface area (Å²) in [4.78, 5) is 0. The second-order valence-corrected chi connectivity index (χ2v) is 3.58. The molecule has 0 bridgehead atoms. The molecule has 66 valence electrons. The van der Waals surface area contributed by atoms with E-state index in [0.29, 0.717) is 12.3 Å². The monoisotopic (exact) mass is 229 g/mol. The first kappa shape index (κ1) is 9.55. The van der Waals surface area contributed by atoms with Crippen molar-refractivity contribution in [2.75, 3.05) is 6.54 Å². The van der Waals surface area contributed by atoms with Crippen LogP contribution >= 0.6 is 15.9 Å². The third-order valence-corrected chi connectivity index (χ3v) is 2.19. The number of phenols is 1. The number of phenolic OH excluding ortho intramolecular Hbond substituents is 1. The minimum atomic E-state index is 0.345. The molecule has 12 heavy (non-hydrogen) atoms. The summed E-state index contributed by atoms with van der Waals surface area (Å²) in [5.74, 6) is 0.345. The van der Waals surface area contributed by atoms with Crippen LogP contribution in [-0.4, -0.2) is 11.7 Å². The Labute approximate surface area is 80.5 Å². The van der Waals surface area contributed by atoms with Gasteiger partial charge in [0.25, 0.3) is 0 Å². The lowest BCUT2D eigenvalue weighted by molar-refractivity contribution is 0.467. The van der Waals surface area contributed by atoms with E-state index in [0.717, 1.165) is 22.9 Å². The lowest BCUT2D eigenvalue weighted by Gasteiger charge is -2.03. The van der Waals surface area contributed by atoms with Crippen LogP contribution in [0.4, 0.5) is 0 Å². The number of benzene rings is 1. The summed E-state index contributed by atoms with van der Waals surface area (Å²) in [5, 5.41) is 9.45. The van der Waals surface area contributed by atoms with Crippen molar-refractivity contribution < 1.29 is 5.11 Å². The molecule has 3 N–H and O–H groups in total. The van der Waals surface area contributed by atoms with E-state index in [1.807, 2.05) is 12.1 Å². The van der Waals surface area contributed by atoms with E-state index in [4.69, 9.17) is 5.73 Å². The van der Waals surface area contributed by atoms with Crippen LogP contribution in [0.1, 0.15) is 12.0 Å². The zero-order chi connectivity index (χ0) is 8.97. The van der Waals surface area contributed by atoms with Crippen LogP contribution in [0.15, 0.2) is 22.7 Å². The molecule has 0 heterocycles. The number of nitrogens with two attached hydrogens (primary N) is 1. The summed E-state index contributed by atoms with van der Waals surface area (Å²) >= 11 is 3.28. The topological polar surface area (TPSA) is 46.2 Å². The fourth-order valence-electron chi connectivity index (χ4n) is 1.04. The fraction of sp³-hybridized carbons (Fsp3) is 0.333. The summed E-state index contributed by atoms with van der Waals surface area (Å²) < 4.78 is 0.900. The number of hydrogen-bond acceptors (Lipinski definition) is 2. The molecule has 1 aromatic carbocycles. The third-order valence-electron chi connectivity index (χ3n) is 1.70. The van der Waals surface area contributed by atoms with E-state index in [1.54, 1.807) is 6.07 Å². The standard InChI is InChI=1S/C9H12BrNO/c10-8-4-3-7(2-1-5-11)9(12)6-8/h3-4,6,12H,1-2,5,11H2. The summed E-state index contributed by atoms with van der Waals surface area (Å²) in [7, 11) is 0. The number of hydrogen-bond donors (Lipinski definition) is 2. The summed E-state index contributed by atoms with van der Waals surface area (Å²) in [6.45, 7) is 0.662. The van der Waals surface area contributed by atoms with Crippen LogP contribution in [0.25, 0.3) is 0 Å². The van der Waals surface area contributed by atoms with Gasteiger partial charge in [0.15, 0.2) is 0 Å². The second kappa shape index (κ2) is 4.48. The number of aryl methyl sites for hydroxylation is 1. The Bertz CT molecular complexity index is 263. The predicted octanol–water partition coefficient (Wildman–Crippen LogP) is 2.05. The molecule has 0 saturated carbocycles. The second-order valence-electron chi connectivity index (χ2n) is 2.67. The Morgan fingerprint density at radius 1 is 1.42 bits per heavy atom. The minimum absolute atomic E-state index is 0.345. The molecule has 1 aromatic rings. The molecule has 0 aliphatic carbocycles. The zero-order valence-electron chi connectivity index (χ0n) is 6.76. The highest BCUT2D eigenvalue weighted by Gasteiger charge is 1.99. The molecule has 0 aliphatic heterocycles. The molecule has 0 saturated heterocycles. The Balaban J connectivity index is 2.72. The van der Waals surface area contributed by atoms with Crippen molar-refractivity contribution in [1.29, 1.82) is 0 Å². The van der Waals surface area contributed by atoms with Gasteiger partial charge in [-0.1, -0.05) is 22.0 Å². The fourth-order valence-corrected chi connectivity index (χ4v) is 1.39. The Kier molecular flexibility index (Phi) is 3.56. The molecule has 0 fully saturated rings. The molecule has 0 aromatic heterocycles. The first-order valence-electron chi connectivity index (χ1n) is 3.91. The van der Waals surface area contributed by atoms with Crippen molar-refractivity contribution >= 4 is 15.9 Å². The molecule has 0 atom stereocenters. The summed E-state index contributed by atoms with van der Waals surface area (Å²) in [5.41, 5.74) is 6.33. The van der Waals surface area contributed by atoms with Gasteiger partial charge in [-0.2, -0.15) is 0 Å². The Hall–Kier alpha value is -0.540. The number of rotatable bonds is 3. The molecule has 2 nitrogen and oxygen atoms in total. The van der Waals surface area contributed by atoms with Gasteiger partial charge in [0.05, 0.1) is 0 Å². The normalized spacial score (nSPS) is 10.2. The van der Waals surface area contributed by atoms with Crippen molar-refractivity contribution in [1.82, 2.24) is 0 Å². The van der Waals surface area contributed by atoms with Crippen LogP contribution in [0.5, 0.6) is 5.75 Å². The number of aromatic hydroxyl groups is 1. The van der Waals surface area contributed by atoms with Crippen molar-refractivity contribution in [3.05, 3.63) is 28.2 Å². The molecule has 0 radical (unpaired) electrons. The van der Waals surface area contributed by atoms with Gasteiger partial charge < -0.3 is 10.8 Å². The largest absolute Gasteiger partial charge is 0.508 e. The van der Waals surface area contributed by atoms with Gasteiger partial charge in [-0.05, 0) is 37.1 Å². The first-order chi connectivity index (χ1) is 5.74. The maximum atomic E-state index is 9.45. The molecule has 3 heteroatoms. The lowest BCUT2D eigenvalue weighted by atomic mass is 10.1. The maximum Gasteiger partial charge on any atom is 0.119 e. The van der Waals surface area contributed by atoms with Gasteiger partial charge in [-0.15, -0.1) is 0 Å². The van der Waals surface area contributed by atoms with Gasteiger partial charge in [0.2, 0.25) is 0 Å². The average Bonchev–Trinajstić information content (AvgIpc) is 2.03. The van der Waals surface area contributed by atoms with Crippen molar-refractivity contribution in [3.8, 4) is 5.75 Å². The third kappa shape index (κ3) is 2.50. The predicted molar refractivity (Wildman–Crippen MR) is 53.2 cm³/mol. The number of halogens is 1. The zero-order valence-corrected chi connectivity index (χ0v) is 8.34. The van der Waals surface area contributed by atoms with Gasteiger partial charge in [0, 0.05) is 4.47 Å². The smallest absolute Gasteiger partial charge is 0.119 e. The summed E-state index contributed by atoms with van der Waals surface area (Å²) in [6, 6.07) is 5.53. The molecule has 0 aliphatic rings. The first-order valence-corrected chi connectivity index (χ1v) is 4.71. The Morgan fingerprint density at radius 3 is 2.75 bits per heavy atom. The van der Waals surface area contributed by atoms with Crippen molar-refractivity contribution in [2.24, 2.45) is 5.73 Å². The van der Waals surface area contributed by atoms with Gasteiger partial charge >= 0.3 is 0 Å². The quantitative estimate of drug-likeness (QED) is 0.834. The van der Waals surface area contributed by atoms with Gasteiger partial charge in [-0.25, -0.2) is 0 Å². The molecular weight excluding hydrogens is 218 g/mol. The minimum Gasteiger partial charge on any atom is -0.508 e. The van der Waals surface area contributed by atoms with Gasteiger partial charge in [0.1, 0.15) is 5.75 Å². The maximum absolute atomic E-state index is 9.45. The van der Waals surface area contributed by atoms with E-state index in [1.165, 1.54) is 0 Å². The molecule has 1 rings (SSSR count). The summed E-state index contributed by atoms with van der Waals surface area (Å²) in [6.07, 6.45) is 1.75. The highest BCUT2D eigenvalue weighted by molar-refractivity contribution is 9.10. The van der Waals surface area contributed by atoms with Crippen LogP contribution in [0.3, 0.4) is 0 Å². The van der Waals surface area contributed by atoms with Crippen LogP contribution in [0.2, 0.25) is 0 Å². The van der Waals surface area contributed by atoms with Crippen LogP contribution in [0, 0.1) is 0 Å². The molecule has 0 spiro atoms. The van der Waals surface area contributed by atoms with Gasteiger partial charge in [-0.3, -0.25) is 0 Å². The van der Waals surface area contributed by atoms with Crippen molar-refractivity contribution in [3.63, 3.8) is 0 Å². The van der Waals surface area contributed by atoms with E-state index < -0.39 is 0 Å². The average molecular weight is 230 g/mol. The highest BCUT2D eigenvalue weighted by atomic mass is 79.9. The van der Waals surface area contributed by atoms with E-state index in [9.17, 15) is 5.11 Å². The van der Waals surface area contributed by atoms with Crippen LogP contribution in [-0.2, 0) is 6.42 Å². The highest BCUT2D eigenvalue weighted by Crippen LogP contribution is 2.22. The van der Waals surface area contributed by atoms with E-state index in [2.05, 4.69) is 15.9 Å².